The number of carbonyl (C=O) groups is 5. The molecule has 0 saturated carbocycles. The molecule has 1 atom stereocenters. The van der Waals surface area contributed by atoms with Gasteiger partial charge in [-0.3, -0.25) is 19.2 Å². The third-order valence-electron chi connectivity index (χ3n) is 9.94. The summed E-state index contributed by atoms with van der Waals surface area (Å²) in [6.45, 7) is 12.7. The highest BCUT2D eigenvalue weighted by atomic mass is 16.6. The zero-order valence-electron chi connectivity index (χ0n) is 40.2. The predicted octanol–water partition coefficient (Wildman–Crippen LogP) is 10.8. The van der Waals surface area contributed by atoms with E-state index in [1.54, 1.807) is 7.11 Å². The summed E-state index contributed by atoms with van der Waals surface area (Å²) < 4.78 is 26.1. The summed E-state index contributed by atoms with van der Waals surface area (Å²) in [4.78, 5) is 58.0. The Morgan fingerprint density at radius 3 is 1.08 bits per heavy atom. The van der Waals surface area contributed by atoms with Crippen molar-refractivity contribution in [1.29, 1.82) is 0 Å². The Hall–Kier alpha value is -2.57. The van der Waals surface area contributed by atoms with E-state index in [9.17, 15) is 24.0 Å². The molecule has 0 aromatic heterocycles. The molecule has 362 valence electrons. The van der Waals surface area contributed by atoms with Gasteiger partial charge in [-0.2, -0.15) is 0 Å². The third kappa shape index (κ3) is 53.5. The van der Waals surface area contributed by atoms with Crippen molar-refractivity contribution in [2.75, 3.05) is 59.8 Å². The average Bonchev–Trinajstić information content (AvgIpc) is 3.26. The Labute approximate surface area is 373 Å². The van der Waals surface area contributed by atoms with Crippen LogP contribution >= 0.6 is 0 Å². The average molecular weight is 874 g/mol. The van der Waals surface area contributed by atoms with Crippen LogP contribution in [-0.2, 0) is 47.7 Å². The van der Waals surface area contributed by atoms with E-state index in [0.717, 1.165) is 57.7 Å². The van der Waals surface area contributed by atoms with E-state index >= 15 is 0 Å². The molecule has 0 aliphatic heterocycles. The number of unbranched alkanes of at least 4 members (excludes halogenated alkanes) is 19. The molecule has 12 heteroatoms. The van der Waals surface area contributed by atoms with E-state index in [1.165, 1.54) is 96.3 Å². The Kier molecular flexibility index (Phi) is 55.1. The first-order valence-corrected chi connectivity index (χ1v) is 24.6. The molecule has 0 spiro atoms. The molecular formula is C49H95NO11. The van der Waals surface area contributed by atoms with Crippen molar-refractivity contribution >= 4 is 30.2 Å². The van der Waals surface area contributed by atoms with Crippen LogP contribution in [0.3, 0.4) is 0 Å². The Morgan fingerprint density at radius 2 is 0.754 bits per heavy atom. The molecule has 0 aliphatic rings. The van der Waals surface area contributed by atoms with Gasteiger partial charge in [0.1, 0.15) is 26.1 Å². The maximum Gasteiger partial charge on any atom is 0.307 e. The number of aliphatic hydroxyl groups is 1. The molecule has 0 amide bonds. The lowest BCUT2D eigenvalue weighted by atomic mass is 10.1. The smallest absolute Gasteiger partial charge is 0.307 e. The fraction of sp³-hybridized carbons (Fsp3) is 0.898. The van der Waals surface area contributed by atoms with Crippen LogP contribution in [0.25, 0.3) is 0 Å². The van der Waals surface area contributed by atoms with E-state index in [1.807, 2.05) is 0 Å². The minimum Gasteiger partial charge on any atom is -0.465 e. The van der Waals surface area contributed by atoms with Crippen molar-refractivity contribution in [1.82, 2.24) is 5.32 Å². The van der Waals surface area contributed by atoms with Crippen LogP contribution in [0.15, 0.2) is 0 Å². The van der Waals surface area contributed by atoms with E-state index in [2.05, 4.69) is 39.9 Å². The molecular weight excluding hydrogens is 779 g/mol. The summed E-state index contributed by atoms with van der Waals surface area (Å²) in [5.41, 5.74) is 0. The molecule has 0 aliphatic carbocycles. The van der Waals surface area contributed by atoms with Gasteiger partial charge >= 0.3 is 23.9 Å². The van der Waals surface area contributed by atoms with Gasteiger partial charge in [-0.1, -0.05) is 163 Å². The number of ether oxygens (including phenoxy) is 5. The topological polar surface area (TPSA) is 164 Å². The maximum atomic E-state index is 12.1. The van der Waals surface area contributed by atoms with Crippen molar-refractivity contribution < 1.29 is 52.8 Å². The molecule has 2 N–H and O–H groups in total. The second-order valence-electron chi connectivity index (χ2n) is 16.2. The second-order valence-corrected chi connectivity index (χ2v) is 16.2. The molecule has 61 heavy (non-hydrogen) atoms. The molecule has 0 aromatic carbocycles. The van der Waals surface area contributed by atoms with Gasteiger partial charge in [0.2, 0.25) is 0 Å². The Bertz CT molecular complexity index is 929. The zero-order valence-corrected chi connectivity index (χ0v) is 40.2. The molecule has 0 fully saturated rings. The first kappa shape index (κ1) is 62.7. The lowest BCUT2D eigenvalue weighted by molar-refractivity contribution is -0.153. The summed E-state index contributed by atoms with van der Waals surface area (Å²) in [6.07, 6.45) is 29.6. The van der Waals surface area contributed by atoms with Crippen molar-refractivity contribution in [3.63, 3.8) is 0 Å². The standard InChI is InChI=1S/C28H51NO7.C14H28O4.C7H16/c1-3-5-7-9-11-13-16-26(31)34-22-25(24-36-28(33)18-20-29-19-15-21-30)23-35-27(32)17-14-12-10-8-6-4-2;1-3-4-5-6-7-8-9-14(16)18-12-13(10-15)11-17-2;1-3-5-7-6-4-2/h21,25,29H,3-20,22-24H2,1-2H3;13,15H,3-12H2,1-2H3;3-7H2,1-2H3. The number of rotatable bonds is 42. The van der Waals surface area contributed by atoms with Gasteiger partial charge in [-0.15, -0.1) is 0 Å². The number of nitrogens with one attached hydrogen (secondary N) is 1. The van der Waals surface area contributed by atoms with Crippen molar-refractivity contribution in [2.45, 2.75) is 214 Å². The minimum atomic E-state index is -0.404. The lowest BCUT2D eigenvalue weighted by Gasteiger charge is -2.17. The van der Waals surface area contributed by atoms with Crippen LogP contribution in [0.5, 0.6) is 0 Å². The van der Waals surface area contributed by atoms with Crippen LogP contribution in [-0.4, -0.2) is 95.1 Å². The molecule has 0 bridgehead atoms. The summed E-state index contributed by atoms with van der Waals surface area (Å²) in [7, 11) is 1.57. The van der Waals surface area contributed by atoms with Gasteiger partial charge in [-0.25, -0.2) is 0 Å². The van der Waals surface area contributed by atoms with E-state index in [0.29, 0.717) is 45.4 Å². The van der Waals surface area contributed by atoms with Gasteiger partial charge in [-0.05, 0) is 19.3 Å². The third-order valence-corrected chi connectivity index (χ3v) is 9.94. The van der Waals surface area contributed by atoms with Gasteiger partial charge in [0.25, 0.3) is 0 Å². The number of hydrogen-bond acceptors (Lipinski definition) is 12. The Balaban J connectivity index is -0.00000111. The van der Waals surface area contributed by atoms with Crippen LogP contribution < -0.4 is 5.32 Å². The summed E-state index contributed by atoms with van der Waals surface area (Å²) in [6, 6.07) is 0. The Morgan fingerprint density at radius 1 is 0.443 bits per heavy atom. The van der Waals surface area contributed by atoms with E-state index in [4.69, 9.17) is 28.8 Å². The first-order chi connectivity index (χ1) is 29.7. The van der Waals surface area contributed by atoms with Crippen LogP contribution in [0.1, 0.15) is 214 Å². The highest BCUT2D eigenvalue weighted by molar-refractivity contribution is 5.70. The van der Waals surface area contributed by atoms with E-state index < -0.39 is 11.9 Å². The number of esters is 4. The quantitative estimate of drug-likeness (QED) is 0.0259. The fourth-order valence-corrected chi connectivity index (χ4v) is 5.97. The second kappa shape index (κ2) is 53.6. The van der Waals surface area contributed by atoms with Crippen LogP contribution in [0, 0.1) is 11.8 Å². The molecule has 0 heterocycles. The lowest BCUT2D eigenvalue weighted by Crippen LogP contribution is -2.27. The molecule has 1 unspecified atom stereocenters. The fourth-order valence-electron chi connectivity index (χ4n) is 5.97. The maximum absolute atomic E-state index is 12.1. The van der Waals surface area contributed by atoms with Crippen LogP contribution in [0.4, 0.5) is 0 Å². The molecule has 0 rings (SSSR count). The van der Waals surface area contributed by atoms with Gasteiger partial charge < -0.3 is 38.9 Å². The van der Waals surface area contributed by atoms with Gasteiger partial charge in [0.15, 0.2) is 0 Å². The minimum absolute atomic E-state index is 0.0156. The predicted molar refractivity (Wildman–Crippen MR) is 246 cm³/mol. The summed E-state index contributed by atoms with van der Waals surface area (Å²) in [5.74, 6) is -1.63. The summed E-state index contributed by atoms with van der Waals surface area (Å²) >= 11 is 0. The van der Waals surface area contributed by atoms with Crippen molar-refractivity contribution in [3.8, 4) is 0 Å². The molecule has 0 aromatic rings. The zero-order chi connectivity index (χ0) is 45.9. The molecule has 0 saturated heterocycles. The number of carbonyl (C=O) groups excluding carboxylic acids is 5. The number of aldehydes is 1. The first-order valence-electron chi connectivity index (χ1n) is 24.6. The summed E-state index contributed by atoms with van der Waals surface area (Å²) in [5, 5.41) is 12.0. The van der Waals surface area contributed by atoms with Crippen molar-refractivity contribution in [2.24, 2.45) is 11.8 Å². The van der Waals surface area contributed by atoms with Crippen LogP contribution in [0.2, 0.25) is 0 Å². The highest BCUT2D eigenvalue weighted by Gasteiger charge is 2.18. The molecule has 0 radical (unpaired) electrons. The molecule has 12 nitrogen and oxygen atoms in total. The number of aliphatic hydroxyl groups excluding tert-OH is 1. The van der Waals surface area contributed by atoms with Crippen molar-refractivity contribution in [3.05, 3.63) is 0 Å². The SMILES string of the molecule is CCCCCCC.CCCCCCCCC(=O)OCC(CO)COC.CCCCCCCCC(=O)OCC(COC(=O)CCCCCCCC)COC(=O)CCNCCC=O. The number of methoxy groups -OCH3 is 1. The van der Waals surface area contributed by atoms with Gasteiger partial charge in [0.05, 0.1) is 32.2 Å². The van der Waals surface area contributed by atoms with E-state index in [-0.39, 0.29) is 63.3 Å². The largest absolute Gasteiger partial charge is 0.465 e. The highest BCUT2D eigenvalue weighted by Crippen LogP contribution is 2.12. The normalized spacial score (nSPS) is 11.1. The number of hydrogen-bond donors (Lipinski definition) is 2. The monoisotopic (exact) mass is 874 g/mol. The van der Waals surface area contributed by atoms with Gasteiger partial charge in [0, 0.05) is 51.8 Å².